The van der Waals surface area contributed by atoms with E-state index in [1.165, 1.54) is 0 Å². The van der Waals surface area contributed by atoms with Crippen molar-refractivity contribution in [2.24, 2.45) is 11.7 Å². The molecule has 1 aliphatic rings. The molecule has 6 heteroatoms. The lowest BCUT2D eigenvalue weighted by molar-refractivity contribution is 0.188. The summed E-state index contributed by atoms with van der Waals surface area (Å²) in [5.41, 5.74) is 5.99. The van der Waals surface area contributed by atoms with Gasteiger partial charge < -0.3 is 15.6 Å². The van der Waals surface area contributed by atoms with Gasteiger partial charge in [0, 0.05) is 13.2 Å². The van der Waals surface area contributed by atoms with E-state index < -0.39 is 9.84 Å². The van der Waals surface area contributed by atoms with E-state index >= 15 is 0 Å². The van der Waals surface area contributed by atoms with Crippen LogP contribution < -0.4 is 5.73 Å². The van der Waals surface area contributed by atoms with Gasteiger partial charge in [-0.15, -0.1) is 6.58 Å². The van der Waals surface area contributed by atoms with Crippen LogP contribution in [0.15, 0.2) is 41.8 Å². The van der Waals surface area contributed by atoms with Gasteiger partial charge in [0.1, 0.15) is 0 Å². The normalized spacial score (nSPS) is 17.8. The minimum Gasteiger partial charge on any atom is -0.392 e. The van der Waals surface area contributed by atoms with E-state index in [0.717, 1.165) is 12.0 Å². The summed E-state index contributed by atoms with van der Waals surface area (Å²) in [5.74, 6) is 0.363. The molecule has 5 nitrogen and oxygen atoms in total. The van der Waals surface area contributed by atoms with Gasteiger partial charge in [-0.3, -0.25) is 0 Å². The molecular weight excluding hydrogens is 326 g/mol. The zero-order chi connectivity index (χ0) is 18.6. The minimum absolute atomic E-state index is 0.159. The zero-order valence-corrected chi connectivity index (χ0v) is 15.8. The average Bonchev–Trinajstić information content (AvgIpc) is 3.01. The highest BCUT2D eigenvalue weighted by atomic mass is 32.2. The molecule has 0 bridgehead atoms. The molecule has 0 aromatic heterocycles. The summed E-state index contributed by atoms with van der Waals surface area (Å²) in [5, 5.41) is 8.24. The van der Waals surface area contributed by atoms with Crippen molar-refractivity contribution in [2.75, 3.05) is 25.5 Å². The highest BCUT2D eigenvalue weighted by Gasteiger charge is 2.24. The fraction of sp³-hybridized carbons (Fsp3) is 0.556. The molecule has 0 saturated carbocycles. The summed E-state index contributed by atoms with van der Waals surface area (Å²) in [4.78, 5) is 0.421. The first kappa shape index (κ1) is 22.8. The van der Waals surface area contributed by atoms with Crippen molar-refractivity contribution in [2.45, 2.75) is 38.2 Å². The lowest BCUT2D eigenvalue weighted by atomic mass is 10.2. The van der Waals surface area contributed by atoms with Crippen LogP contribution in [-0.4, -0.2) is 45.1 Å². The monoisotopic (exact) mass is 357 g/mol. The number of aryl methyl sites for hydroxylation is 1. The summed E-state index contributed by atoms with van der Waals surface area (Å²) in [6.45, 7) is 10.5. The minimum atomic E-state index is -3.14. The summed E-state index contributed by atoms with van der Waals surface area (Å²) in [7, 11) is -3.14. The number of sulfone groups is 1. The van der Waals surface area contributed by atoms with E-state index in [0.29, 0.717) is 24.7 Å². The lowest BCUT2D eigenvalue weighted by Gasteiger charge is -2.08. The Morgan fingerprint density at radius 1 is 1.42 bits per heavy atom. The maximum Gasteiger partial charge on any atom is 0.178 e. The van der Waals surface area contributed by atoms with Crippen LogP contribution in [0.1, 0.15) is 25.8 Å². The van der Waals surface area contributed by atoms with Gasteiger partial charge >= 0.3 is 0 Å². The second kappa shape index (κ2) is 12.2. The number of hydrogen-bond donors (Lipinski definition) is 2. The molecule has 0 spiro atoms. The van der Waals surface area contributed by atoms with Gasteiger partial charge in [0.05, 0.1) is 23.4 Å². The summed E-state index contributed by atoms with van der Waals surface area (Å²) in [6.07, 6.45) is 2.26. The number of rotatable bonds is 4. The van der Waals surface area contributed by atoms with Gasteiger partial charge in [-0.2, -0.15) is 0 Å². The fourth-order valence-electron chi connectivity index (χ4n) is 1.87. The molecule has 0 aliphatic carbocycles. The predicted octanol–water partition coefficient (Wildman–Crippen LogP) is 2.32. The van der Waals surface area contributed by atoms with Crippen LogP contribution in [0, 0.1) is 12.8 Å². The van der Waals surface area contributed by atoms with Crippen molar-refractivity contribution in [3.63, 3.8) is 0 Å². The van der Waals surface area contributed by atoms with Crippen molar-refractivity contribution in [3.8, 4) is 0 Å². The Balaban J connectivity index is 0.000000559. The van der Waals surface area contributed by atoms with E-state index in [2.05, 4.69) is 6.58 Å². The summed E-state index contributed by atoms with van der Waals surface area (Å²) in [6, 6.07) is 7.02. The van der Waals surface area contributed by atoms with Gasteiger partial charge in [-0.05, 0) is 45.2 Å². The molecule has 1 heterocycles. The molecule has 1 fully saturated rings. The maximum atomic E-state index is 12.0. The third-order valence-electron chi connectivity index (χ3n) is 3.20. The Bertz CT molecular complexity index is 547. The SMILES string of the molecule is C=CC.CC(O)CN.Cc1ccc(S(=O)(=O)CC2CCOC2)cc1. The largest absolute Gasteiger partial charge is 0.392 e. The van der Waals surface area contributed by atoms with Crippen LogP contribution in [0.3, 0.4) is 0 Å². The number of aliphatic hydroxyl groups excluding tert-OH is 1. The Kier molecular flexibility index (Phi) is 11.6. The first-order valence-electron chi connectivity index (χ1n) is 8.09. The maximum absolute atomic E-state index is 12.0. The fourth-order valence-corrected chi connectivity index (χ4v) is 3.49. The molecule has 1 aromatic carbocycles. The van der Waals surface area contributed by atoms with Gasteiger partial charge in [0.15, 0.2) is 9.84 Å². The molecule has 2 atom stereocenters. The third kappa shape index (κ3) is 9.82. The lowest BCUT2D eigenvalue weighted by Crippen LogP contribution is -2.16. The Morgan fingerprint density at radius 2 is 1.92 bits per heavy atom. The second-order valence-corrected chi connectivity index (χ2v) is 7.85. The number of ether oxygens (including phenoxy) is 1. The summed E-state index contributed by atoms with van der Waals surface area (Å²) < 4.78 is 29.3. The van der Waals surface area contributed by atoms with Gasteiger partial charge in [-0.25, -0.2) is 8.42 Å². The quantitative estimate of drug-likeness (QED) is 0.807. The van der Waals surface area contributed by atoms with Crippen molar-refractivity contribution in [3.05, 3.63) is 42.5 Å². The molecule has 2 rings (SSSR count). The second-order valence-electron chi connectivity index (χ2n) is 5.82. The molecule has 2 unspecified atom stereocenters. The number of hydrogen-bond acceptors (Lipinski definition) is 5. The number of allylic oxidation sites excluding steroid dienone is 1. The molecule has 24 heavy (non-hydrogen) atoms. The van der Waals surface area contributed by atoms with Crippen LogP contribution in [0.2, 0.25) is 0 Å². The smallest absolute Gasteiger partial charge is 0.178 e. The van der Waals surface area contributed by atoms with E-state index in [-0.39, 0.29) is 17.8 Å². The average molecular weight is 358 g/mol. The molecule has 0 radical (unpaired) electrons. The van der Waals surface area contributed by atoms with E-state index in [1.807, 2.05) is 26.0 Å². The van der Waals surface area contributed by atoms with Crippen LogP contribution in [0.5, 0.6) is 0 Å². The van der Waals surface area contributed by atoms with Crippen molar-refractivity contribution < 1.29 is 18.3 Å². The van der Waals surface area contributed by atoms with Crippen LogP contribution in [0.25, 0.3) is 0 Å². The molecule has 3 N–H and O–H groups in total. The molecule has 1 aromatic rings. The van der Waals surface area contributed by atoms with E-state index in [1.54, 1.807) is 25.1 Å². The number of nitrogens with two attached hydrogens (primary N) is 1. The topological polar surface area (TPSA) is 89.6 Å². The molecule has 138 valence electrons. The van der Waals surface area contributed by atoms with E-state index in [9.17, 15) is 8.42 Å². The zero-order valence-electron chi connectivity index (χ0n) is 14.9. The van der Waals surface area contributed by atoms with Crippen molar-refractivity contribution in [1.29, 1.82) is 0 Å². The molecule has 0 amide bonds. The van der Waals surface area contributed by atoms with E-state index in [4.69, 9.17) is 15.6 Å². The van der Waals surface area contributed by atoms with Gasteiger partial charge in [0.2, 0.25) is 0 Å². The number of aliphatic hydroxyl groups is 1. The number of benzene rings is 1. The Hall–Kier alpha value is -1.21. The van der Waals surface area contributed by atoms with Gasteiger partial charge in [-0.1, -0.05) is 23.8 Å². The standard InChI is InChI=1S/C12H16O3S.C3H9NO.C3H6/c1-10-2-4-12(5-3-10)16(13,14)9-11-6-7-15-8-11;1-3(5)2-4;1-3-2/h2-5,11H,6-9H2,1H3;3,5H,2,4H2,1H3;3H,1H2,2H3. The van der Waals surface area contributed by atoms with Gasteiger partial charge in [0.25, 0.3) is 0 Å². The Morgan fingerprint density at radius 3 is 2.29 bits per heavy atom. The highest BCUT2D eigenvalue weighted by molar-refractivity contribution is 7.91. The highest BCUT2D eigenvalue weighted by Crippen LogP contribution is 2.20. The first-order valence-corrected chi connectivity index (χ1v) is 9.74. The molecule has 1 aliphatic heterocycles. The summed E-state index contributed by atoms with van der Waals surface area (Å²) >= 11 is 0. The Labute approximate surface area is 146 Å². The van der Waals surface area contributed by atoms with Crippen LogP contribution in [-0.2, 0) is 14.6 Å². The molecule has 1 saturated heterocycles. The first-order chi connectivity index (χ1) is 11.3. The molecular formula is C18H31NO4S. The predicted molar refractivity (Wildman–Crippen MR) is 98.8 cm³/mol. The van der Waals surface area contributed by atoms with Crippen molar-refractivity contribution >= 4 is 9.84 Å². The van der Waals surface area contributed by atoms with Crippen molar-refractivity contribution in [1.82, 2.24) is 0 Å². The van der Waals surface area contributed by atoms with Crippen LogP contribution >= 0.6 is 0 Å². The third-order valence-corrected chi connectivity index (χ3v) is 5.10. The van der Waals surface area contributed by atoms with Crippen LogP contribution in [0.4, 0.5) is 0 Å².